The summed E-state index contributed by atoms with van der Waals surface area (Å²) in [7, 11) is 4.17. The minimum Gasteiger partial charge on any atom is -0.377 e. The molecule has 0 saturated carbocycles. The first-order valence-corrected chi connectivity index (χ1v) is 7.71. The van der Waals surface area contributed by atoms with Gasteiger partial charge in [-0.2, -0.15) is 0 Å². The zero-order valence-corrected chi connectivity index (χ0v) is 13.7. The molecule has 0 aliphatic heterocycles. The third-order valence-electron chi connectivity index (χ3n) is 3.19. The number of hydrogen-bond donors (Lipinski definition) is 1. The van der Waals surface area contributed by atoms with Gasteiger partial charge in [0.2, 0.25) is 0 Å². The van der Waals surface area contributed by atoms with Crippen LogP contribution in [0.15, 0.2) is 24.3 Å². The number of nitrogens with zero attached hydrogens (tertiary/aromatic N) is 2. The number of benzene rings is 1. The SMILES string of the molecule is Cc1nc(C(C)Nc2ccc(CN(C)C)cc2)c(C)s1. The van der Waals surface area contributed by atoms with Gasteiger partial charge in [-0.05, 0) is 52.6 Å². The van der Waals surface area contributed by atoms with Crippen molar-refractivity contribution in [2.45, 2.75) is 33.4 Å². The van der Waals surface area contributed by atoms with Gasteiger partial charge in [-0.15, -0.1) is 11.3 Å². The van der Waals surface area contributed by atoms with E-state index in [-0.39, 0.29) is 6.04 Å². The molecular weight excluding hydrogens is 266 g/mol. The Bertz CT molecular complexity index is 558. The van der Waals surface area contributed by atoms with E-state index in [1.165, 1.54) is 10.4 Å². The summed E-state index contributed by atoms with van der Waals surface area (Å²) < 4.78 is 0. The zero-order chi connectivity index (χ0) is 14.7. The molecule has 2 aromatic rings. The van der Waals surface area contributed by atoms with Gasteiger partial charge in [-0.25, -0.2) is 4.98 Å². The average molecular weight is 289 g/mol. The predicted octanol–water partition coefficient (Wildman–Crippen LogP) is 3.99. The number of aryl methyl sites for hydroxylation is 2. The highest BCUT2D eigenvalue weighted by molar-refractivity contribution is 7.11. The Hall–Kier alpha value is -1.39. The van der Waals surface area contributed by atoms with Crippen LogP contribution in [0.1, 0.15) is 34.1 Å². The normalized spacial score (nSPS) is 12.7. The molecule has 0 fully saturated rings. The Morgan fingerprint density at radius 3 is 2.35 bits per heavy atom. The number of aromatic nitrogens is 1. The minimum absolute atomic E-state index is 0.236. The molecule has 0 aliphatic rings. The topological polar surface area (TPSA) is 28.2 Å². The molecule has 2 rings (SSSR count). The molecule has 20 heavy (non-hydrogen) atoms. The highest BCUT2D eigenvalue weighted by Gasteiger charge is 2.12. The first kappa shape index (κ1) is 15.0. The van der Waals surface area contributed by atoms with Gasteiger partial charge in [0.25, 0.3) is 0 Å². The molecule has 1 unspecified atom stereocenters. The maximum absolute atomic E-state index is 4.61. The highest BCUT2D eigenvalue weighted by Crippen LogP contribution is 2.25. The van der Waals surface area contributed by atoms with Gasteiger partial charge in [0, 0.05) is 17.1 Å². The molecule has 1 heterocycles. The predicted molar refractivity (Wildman–Crippen MR) is 87.5 cm³/mol. The third-order valence-corrected chi connectivity index (χ3v) is 4.09. The first-order valence-electron chi connectivity index (χ1n) is 6.90. The van der Waals surface area contributed by atoms with Gasteiger partial charge in [-0.3, -0.25) is 0 Å². The number of hydrogen-bond acceptors (Lipinski definition) is 4. The fourth-order valence-electron chi connectivity index (χ4n) is 2.34. The zero-order valence-electron chi connectivity index (χ0n) is 12.9. The lowest BCUT2D eigenvalue weighted by Gasteiger charge is -2.15. The van der Waals surface area contributed by atoms with Crippen molar-refractivity contribution >= 4 is 17.0 Å². The molecule has 108 valence electrons. The summed E-state index contributed by atoms with van der Waals surface area (Å²) in [5, 5.41) is 4.66. The molecule has 0 spiro atoms. The van der Waals surface area contributed by atoms with Crippen LogP contribution in [-0.4, -0.2) is 24.0 Å². The number of rotatable bonds is 5. The molecule has 0 aliphatic carbocycles. The number of thiazole rings is 1. The van der Waals surface area contributed by atoms with E-state index in [0.717, 1.165) is 22.9 Å². The van der Waals surface area contributed by atoms with Crippen molar-refractivity contribution in [1.29, 1.82) is 0 Å². The van der Waals surface area contributed by atoms with Crippen molar-refractivity contribution in [3.63, 3.8) is 0 Å². The van der Waals surface area contributed by atoms with E-state index in [1.807, 2.05) is 0 Å². The van der Waals surface area contributed by atoms with Crippen molar-refractivity contribution in [1.82, 2.24) is 9.88 Å². The van der Waals surface area contributed by atoms with Crippen LogP contribution < -0.4 is 5.32 Å². The van der Waals surface area contributed by atoms with E-state index >= 15 is 0 Å². The van der Waals surface area contributed by atoms with Gasteiger partial charge in [0.05, 0.1) is 16.7 Å². The van der Waals surface area contributed by atoms with Crippen molar-refractivity contribution in [3.8, 4) is 0 Å². The van der Waals surface area contributed by atoms with Crippen molar-refractivity contribution in [3.05, 3.63) is 45.4 Å². The Kier molecular flexibility index (Phi) is 4.78. The lowest BCUT2D eigenvalue weighted by Crippen LogP contribution is -2.11. The van der Waals surface area contributed by atoms with Crippen molar-refractivity contribution in [2.24, 2.45) is 0 Å². The Morgan fingerprint density at radius 1 is 1.20 bits per heavy atom. The molecule has 1 atom stereocenters. The molecular formula is C16H23N3S. The number of nitrogens with one attached hydrogen (secondary N) is 1. The van der Waals surface area contributed by atoms with Crippen LogP contribution in [0.25, 0.3) is 0 Å². The van der Waals surface area contributed by atoms with E-state index in [2.05, 4.69) is 74.3 Å². The van der Waals surface area contributed by atoms with E-state index < -0.39 is 0 Å². The summed E-state index contributed by atoms with van der Waals surface area (Å²) in [6.45, 7) is 7.33. The maximum Gasteiger partial charge on any atom is 0.0901 e. The van der Waals surface area contributed by atoms with Crippen molar-refractivity contribution in [2.75, 3.05) is 19.4 Å². The molecule has 1 aromatic heterocycles. The summed E-state index contributed by atoms with van der Waals surface area (Å²) in [4.78, 5) is 8.08. The molecule has 3 nitrogen and oxygen atoms in total. The second-order valence-corrected chi connectivity index (χ2v) is 6.88. The largest absolute Gasteiger partial charge is 0.377 e. The Labute approximate surface area is 125 Å². The van der Waals surface area contributed by atoms with E-state index in [0.29, 0.717) is 0 Å². The molecule has 1 N–H and O–H groups in total. The lowest BCUT2D eigenvalue weighted by molar-refractivity contribution is 0.402. The summed E-state index contributed by atoms with van der Waals surface area (Å²) in [5.74, 6) is 0. The monoisotopic (exact) mass is 289 g/mol. The van der Waals surface area contributed by atoms with Gasteiger partial charge in [-0.1, -0.05) is 12.1 Å². The highest BCUT2D eigenvalue weighted by atomic mass is 32.1. The average Bonchev–Trinajstić information content (AvgIpc) is 2.70. The molecule has 0 saturated heterocycles. The molecule has 0 radical (unpaired) electrons. The summed E-state index contributed by atoms with van der Waals surface area (Å²) in [6.07, 6.45) is 0. The molecule has 0 bridgehead atoms. The number of anilines is 1. The Morgan fingerprint density at radius 2 is 1.85 bits per heavy atom. The first-order chi connectivity index (χ1) is 9.45. The van der Waals surface area contributed by atoms with Crippen LogP contribution >= 0.6 is 11.3 Å². The van der Waals surface area contributed by atoms with E-state index in [1.54, 1.807) is 11.3 Å². The minimum atomic E-state index is 0.236. The van der Waals surface area contributed by atoms with Gasteiger partial charge < -0.3 is 10.2 Å². The van der Waals surface area contributed by atoms with Crippen LogP contribution in [0.2, 0.25) is 0 Å². The summed E-state index contributed by atoms with van der Waals surface area (Å²) in [6, 6.07) is 8.87. The van der Waals surface area contributed by atoms with Crippen LogP contribution in [-0.2, 0) is 6.54 Å². The van der Waals surface area contributed by atoms with Crippen LogP contribution in [0.3, 0.4) is 0 Å². The quantitative estimate of drug-likeness (QED) is 0.902. The third kappa shape index (κ3) is 3.81. The summed E-state index contributed by atoms with van der Waals surface area (Å²) >= 11 is 1.76. The van der Waals surface area contributed by atoms with Gasteiger partial charge in [0.1, 0.15) is 0 Å². The van der Waals surface area contributed by atoms with E-state index in [4.69, 9.17) is 0 Å². The fourth-order valence-corrected chi connectivity index (χ4v) is 3.25. The van der Waals surface area contributed by atoms with Crippen LogP contribution in [0, 0.1) is 13.8 Å². The maximum atomic E-state index is 4.61. The van der Waals surface area contributed by atoms with Gasteiger partial charge in [0.15, 0.2) is 0 Å². The Balaban J connectivity index is 2.04. The fraction of sp³-hybridized carbons (Fsp3) is 0.438. The van der Waals surface area contributed by atoms with E-state index in [9.17, 15) is 0 Å². The standard InChI is InChI=1S/C16H23N3S/c1-11(16-12(2)20-13(3)18-16)17-15-8-6-14(7-9-15)10-19(4)5/h6-9,11,17H,10H2,1-5H3. The van der Waals surface area contributed by atoms with Crippen LogP contribution in [0.5, 0.6) is 0 Å². The second-order valence-electron chi connectivity index (χ2n) is 5.48. The smallest absolute Gasteiger partial charge is 0.0901 e. The molecule has 0 amide bonds. The lowest BCUT2D eigenvalue weighted by atomic mass is 10.1. The summed E-state index contributed by atoms with van der Waals surface area (Å²) in [5.41, 5.74) is 3.63. The van der Waals surface area contributed by atoms with Gasteiger partial charge >= 0.3 is 0 Å². The van der Waals surface area contributed by atoms with Crippen molar-refractivity contribution < 1.29 is 0 Å². The second kappa shape index (κ2) is 6.37. The van der Waals surface area contributed by atoms with Crippen LogP contribution in [0.4, 0.5) is 5.69 Å². The molecule has 1 aromatic carbocycles. The molecule has 4 heteroatoms.